The number of aliphatic hydroxyl groups is 1. The van der Waals surface area contributed by atoms with Crippen molar-refractivity contribution in [1.82, 2.24) is 5.32 Å². The summed E-state index contributed by atoms with van der Waals surface area (Å²) in [5.74, 6) is -0.389. The van der Waals surface area contributed by atoms with E-state index in [1.54, 1.807) is 12.1 Å². The quantitative estimate of drug-likeness (QED) is 0.778. The van der Waals surface area contributed by atoms with Crippen LogP contribution in [-0.2, 0) is 12.7 Å². The van der Waals surface area contributed by atoms with Crippen LogP contribution >= 0.6 is 0 Å². The molecule has 1 atom stereocenters. The molecule has 0 aromatic heterocycles. The highest BCUT2D eigenvalue weighted by molar-refractivity contribution is 5.95. The van der Waals surface area contributed by atoms with Gasteiger partial charge in [-0.1, -0.05) is 25.0 Å². The number of hydrogen-bond donors (Lipinski definition) is 2. The van der Waals surface area contributed by atoms with E-state index in [1.165, 1.54) is 12.1 Å². The van der Waals surface area contributed by atoms with Crippen molar-refractivity contribution >= 4 is 11.6 Å². The van der Waals surface area contributed by atoms with Crippen molar-refractivity contribution in [2.45, 2.75) is 44.5 Å². The SMILES string of the molecule is CN1CCCCCC(O)c2cc(C(=O)NCc3cccc(C(F)(F)F)c3)ccc21. The average molecular weight is 406 g/mol. The third kappa shape index (κ3) is 5.29. The van der Waals surface area contributed by atoms with Crippen LogP contribution in [0.2, 0.25) is 0 Å². The molecular weight excluding hydrogens is 381 g/mol. The molecule has 2 aromatic rings. The molecule has 156 valence electrons. The minimum Gasteiger partial charge on any atom is -0.388 e. The van der Waals surface area contributed by atoms with E-state index in [1.807, 2.05) is 13.1 Å². The Kier molecular flexibility index (Phi) is 6.47. The van der Waals surface area contributed by atoms with Gasteiger partial charge in [0, 0.05) is 37.0 Å². The molecule has 29 heavy (non-hydrogen) atoms. The van der Waals surface area contributed by atoms with Crippen LogP contribution in [-0.4, -0.2) is 24.6 Å². The highest BCUT2D eigenvalue weighted by atomic mass is 19.4. The maximum absolute atomic E-state index is 12.8. The maximum atomic E-state index is 12.8. The van der Waals surface area contributed by atoms with Gasteiger partial charge in [-0.2, -0.15) is 13.2 Å². The van der Waals surface area contributed by atoms with Crippen LogP contribution < -0.4 is 10.2 Å². The molecule has 4 nitrogen and oxygen atoms in total. The monoisotopic (exact) mass is 406 g/mol. The number of carbonyl (C=O) groups is 1. The molecule has 3 rings (SSSR count). The molecule has 0 bridgehead atoms. The minimum atomic E-state index is -4.42. The highest BCUT2D eigenvalue weighted by Gasteiger charge is 2.30. The summed E-state index contributed by atoms with van der Waals surface area (Å²) in [7, 11) is 1.96. The Balaban J connectivity index is 1.75. The van der Waals surface area contributed by atoms with Gasteiger partial charge in [-0.05, 0) is 48.7 Å². The molecule has 0 radical (unpaired) electrons. The summed E-state index contributed by atoms with van der Waals surface area (Å²) >= 11 is 0. The van der Waals surface area contributed by atoms with Gasteiger partial charge in [-0.15, -0.1) is 0 Å². The van der Waals surface area contributed by atoms with Gasteiger partial charge in [-0.3, -0.25) is 4.79 Å². The third-order valence-electron chi connectivity index (χ3n) is 5.24. The highest BCUT2D eigenvalue weighted by Crippen LogP contribution is 2.32. The Labute approximate surface area is 168 Å². The van der Waals surface area contributed by atoms with Crippen molar-refractivity contribution < 1.29 is 23.1 Å². The van der Waals surface area contributed by atoms with Gasteiger partial charge in [0.25, 0.3) is 5.91 Å². The molecule has 1 amide bonds. The number of benzene rings is 2. The summed E-state index contributed by atoms with van der Waals surface area (Å²) in [6.45, 7) is 0.864. The molecular formula is C22H25F3N2O2. The van der Waals surface area contributed by atoms with E-state index < -0.39 is 17.8 Å². The fourth-order valence-corrected chi connectivity index (χ4v) is 3.59. The summed E-state index contributed by atoms with van der Waals surface area (Å²) in [6, 6.07) is 10.1. The summed E-state index contributed by atoms with van der Waals surface area (Å²) < 4.78 is 38.5. The molecule has 1 heterocycles. The fraction of sp³-hybridized carbons (Fsp3) is 0.409. The van der Waals surface area contributed by atoms with E-state index in [0.717, 1.165) is 43.6 Å². The number of aliphatic hydroxyl groups excluding tert-OH is 1. The normalized spacial score (nSPS) is 17.7. The molecule has 0 aliphatic carbocycles. The second-order valence-corrected chi connectivity index (χ2v) is 7.44. The summed E-state index contributed by atoms with van der Waals surface area (Å²) in [4.78, 5) is 14.6. The number of carbonyl (C=O) groups excluding carboxylic acids is 1. The lowest BCUT2D eigenvalue weighted by atomic mass is 9.99. The number of halogens is 3. The number of alkyl halides is 3. The van der Waals surface area contributed by atoms with Crippen molar-refractivity contribution in [1.29, 1.82) is 0 Å². The number of rotatable bonds is 3. The zero-order chi connectivity index (χ0) is 21.0. The third-order valence-corrected chi connectivity index (χ3v) is 5.24. The smallest absolute Gasteiger partial charge is 0.388 e. The van der Waals surface area contributed by atoms with Gasteiger partial charge in [-0.25, -0.2) is 0 Å². The second kappa shape index (κ2) is 8.86. The molecule has 1 aliphatic heterocycles. The first-order valence-corrected chi connectivity index (χ1v) is 9.73. The van der Waals surface area contributed by atoms with E-state index in [0.29, 0.717) is 23.1 Å². The fourth-order valence-electron chi connectivity index (χ4n) is 3.59. The Hall–Kier alpha value is -2.54. The predicted octanol–water partition coefficient (Wildman–Crippen LogP) is 4.68. The maximum Gasteiger partial charge on any atom is 0.416 e. The Bertz CT molecular complexity index is 867. The first-order valence-electron chi connectivity index (χ1n) is 9.73. The summed E-state index contributed by atoms with van der Waals surface area (Å²) in [6.07, 6.45) is -1.43. The summed E-state index contributed by atoms with van der Waals surface area (Å²) in [5, 5.41) is 13.2. The average Bonchev–Trinajstić information content (AvgIpc) is 2.76. The van der Waals surface area contributed by atoms with Gasteiger partial charge in [0.1, 0.15) is 0 Å². The van der Waals surface area contributed by atoms with Gasteiger partial charge in [0.2, 0.25) is 0 Å². The minimum absolute atomic E-state index is 0.0116. The Morgan fingerprint density at radius 3 is 2.72 bits per heavy atom. The first kappa shape index (κ1) is 21.2. The van der Waals surface area contributed by atoms with E-state index in [2.05, 4.69) is 10.2 Å². The standard InChI is InChI=1S/C22H25F3N2O2/c1-27-11-4-2-3-8-20(28)18-13-16(9-10-19(18)27)21(29)26-14-15-6-5-7-17(12-15)22(23,24)25/h5-7,9-10,12-13,20,28H,2-4,8,11,14H2,1H3,(H,26,29). The molecule has 1 aliphatic rings. The molecule has 0 fully saturated rings. The number of amides is 1. The largest absolute Gasteiger partial charge is 0.416 e. The summed E-state index contributed by atoms with van der Waals surface area (Å²) in [5.41, 5.74) is 1.61. The van der Waals surface area contributed by atoms with Crippen LogP contribution in [0.25, 0.3) is 0 Å². The molecule has 1 unspecified atom stereocenters. The van der Waals surface area contributed by atoms with Gasteiger partial charge < -0.3 is 15.3 Å². The topological polar surface area (TPSA) is 52.6 Å². The number of nitrogens with one attached hydrogen (secondary N) is 1. The Morgan fingerprint density at radius 1 is 1.17 bits per heavy atom. The van der Waals surface area contributed by atoms with Crippen LogP contribution in [0.4, 0.5) is 18.9 Å². The first-order chi connectivity index (χ1) is 13.8. The molecule has 0 saturated carbocycles. The molecule has 0 saturated heterocycles. The van der Waals surface area contributed by atoms with E-state index in [4.69, 9.17) is 0 Å². The van der Waals surface area contributed by atoms with Gasteiger partial charge in [0.15, 0.2) is 0 Å². The van der Waals surface area contributed by atoms with E-state index >= 15 is 0 Å². The van der Waals surface area contributed by atoms with Crippen LogP contribution in [0.15, 0.2) is 42.5 Å². The zero-order valence-electron chi connectivity index (χ0n) is 16.3. The molecule has 7 heteroatoms. The van der Waals surface area contributed by atoms with Crippen LogP contribution in [0.5, 0.6) is 0 Å². The molecule has 2 aromatic carbocycles. The van der Waals surface area contributed by atoms with Crippen LogP contribution in [0, 0.1) is 0 Å². The van der Waals surface area contributed by atoms with Crippen molar-refractivity contribution in [2.24, 2.45) is 0 Å². The number of hydrogen-bond acceptors (Lipinski definition) is 3. The molecule has 0 spiro atoms. The van der Waals surface area contributed by atoms with E-state index in [-0.39, 0.29) is 12.5 Å². The van der Waals surface area contributed by atoms with E-state index in [9.17, 15) is 23.1 Å². The molecule has 2 N–H and O–H groups in total. The second-order valence-electron chi connectivity index (χ2n) is 7.44. The van der Waals surface area contributed by atoms with Crippen LogP contribution in [0.1, 0.15) is 58.8 Å². The van der Waals surface area contributed by atoms with Crippen molar-refractivity contribution in [3.05, 3.63) is 64.7 Å². The van der Waals surface area contributed by atoms with Crippen molar-refractivity contribution in [2.75, 3.05) is 18.5 Å². The lowest BCUT2D eigenvalue weighted by molar-refractivity contribution is -0.137. The Morgan fingerprint density at radius 2 is 1.97 bits per heavy atom. The predicted molar refractivity (Wildman–Crippen MR) is 106 cm³/mol. The lowest BCUT2D eigenvalue weighted by Crippen LogP contribution is -2.24. The zero-order valence-corrected chi connectivity index (χ0v) is 16.3. The number of nitrogens with zero attached hydrogens (tertiary/aromatic N) is 1. The van der Waals surface area contributed by atoms with Gasteiger partial charge >= 0.3 is 6.18 Å². The van der Waals surface area contributed by atoms with Crippen LogP contribution in [0.3, 0.4) is 0 Å². The number of anilines is 1. The number of fused-ring (bicyclic) bond motifs is 1. The van der Waals surface area contributed by atoms with Crippen molar-refractivity contribution in [3.63, 3.8) is 0 Å². The van der Waals surface area contributed by atoms with Crippen molar-refractivity contribution in [3.8, 4) is 0 Å². The van der Waals surface area contributed by atoms with Gasteiger partial charge in [0.05, 0.1) is 11.7 Å². The lowest BCUT2D eigenvalue weighted by Gasteiger charge is -2.24.